The summed E-state index contributed by atoms with van der Waals surface area (Å²) in [4.78, 5) is 52.0. The number of aliphatic imine (C=N–C) groups is 1. The van der Waals surface area contributed by atoms with Gasteiger partial charge in [-0.15, -0.1) is 0 Å². The first-order valence-corrected chi connectivity index (χ1v) is 24.1. The van der Waals surface area contributed by atoms with Gasteiger partial charge in [-0.2, -0.15) is 0 Å². The van der Waals surface area contributed by atoms with Crippen molar-refractivity contribution in [3.8, 4) is 5.69 Å². The number of nitrogens with two attached hydrogens (primary N) is 1. The van der Waals surface area contributed by atoms with E-state index in [0.717, 1.165) is 29.3 Å². The number of aromatic nitrogens is 5. The van der Waals surface area contributed by atoms with Gasteiger partial charge in [0.2, 0.25) is 0 Å². The van der Waals surface area contributed by atoms with Crippen LogP contribution in [0.5, 0.6) is 0 Å². The molecule has 6 aromatic rings. The molecule has 3 aromatic carbocycles. The Hall–Kier alpha value is -6.33. The monoisotopic (exact) mass is 901 g/mol. The molecule has 5 heterocycles. The maximum atomic E-state index is 15.4. The summed E-state index contributed by atoms with van der Waals surface area (Å²) in [5.74, 6) is -0.476. The number of hydrogen-bond acceptors (Lipinski definition) is 10. The second-order valence-corrected chi connectivity index (χ2v) is 20.9. The molecular weight excluding hydrogens is 850 g/mol. The first-order valence-electron chi connectivity index (χ1n) is 22.1. The first kappa shape index (κ1) is 42.6. The molecule has 1 saturated heterocycles. The summed E-state index contributed by atoms with van der Waals surface area (Å²) in [5, 5.41) is 5.04. The molecule has 0 radical (unpaired) electrons. The fourth-order valence-electron chi connectivity index (χ4n) is 10.5. The highest BCUT2D eigenvalue weighted by Crippen LogP contribution is 2.56. The third kappa shape index (κ3) is 6.92. The van der Waals surface area contributed by atoms with Crippen molar-refractivity contribution in [3.63, 3.8) is 0 Å². The lowest BCUT2D eigenvalue weighted by molar-refractivity contribution is 0.0697. The minimum absolute atomic E-state index is 0.000543. The standard InChI is InChI=1S/C48H52FN9O6S/c1-27-22-35(23-28(2)41(27)49)52-42(57-19-18-56(46(57)61)36-9-7-34(8-10-36)47(15-16-47)65(5,51)62)40-30(4)55(17-12-37(40)50)43(59)39-25-33-24-32(31-13-20-63-21-14-31)6-11-38(33)58(39)48(26-29(48)3)44-53-45(60)64-54-44/h6-11,18-19,22-25,29-31,51H,12-17,20-21,26,50H2,1-5H3,(H,53,54,60)/t29-,30-,48-,65?/m0/s1. The van der Waals surface area contributed by atoms with Crippen LogP contribution in [0.4, 0.5) is 10.1 Å². The zero-order chi connectivity index (χ0) is 45.7. The smallest absolute Gasteiger partial charge is 0.402 e. The number of H-pyrrole nitrogens is 1. The molecule has 2 aliphatic heterocycles. The predicted octanol–water partition coefficient (Wildman–Crippen LogP) is 7.09. The molecule has 3 fully saturated rings. The van der Waals surface area contributed by atoms with E-state index in [1.165, 1.54) is 21.0 Å². The number of ether oxygens (including phenoxy) is 1. The van der Waals surface area contributed by atoms with Crippen LogP contribution >= 0.6 is 0 Å². The summed E-state index contributed by atoms with van der Waals surface area (Å²) in [6.45, 7) is 8.87. The van der Waals surface area contributed by atoms with Crippen LogP contribution in [0.2, 0.25) is 0 Å². The van der Waals surface area contributed by atoms with Crippen molar-refractivity contribution in [1.29, 1.82) is 4.78 Å². The van der Waals surface area contributed by atoms with Gasteiger partial charge in [0, 0.05) is 67.0 Å². The number of benzene rings is 3. The fourth-order valence-corrected chi connectivity index (χ4v) is 11.9. The normalized spacial score (nSPS) is 23.2. The maximum Gasteiger partial charge on any atom is 0.438 e. The third-order valence-corrected chi connectivity index (χ3v) is 16.5. The van der Waals surface area contributed by atoms with Crippen LogP contribution in [0.3, 0.4) is 0 Å². The van der Waals surface area contributed by atoms with Crippen molar-refractivity contribution in [1.82, 2.24) is 28.7 Å². The van der Waals surface area contributed by atoms with Gasteiger partial charge < -0.3 is 19.9 Å². The Kier molecular flexibility index (Phi) is 10.1. The van der Waals surface area contributed by atoms with Crippen LogP contribution in [0.25, 0.3) is 16.6 Å². The van der Waals surface area contributed by atoms with Gasteiger partial charge in [0.05, 0.1) is 31.9 Å². The van der Waals surface area contributed by atoms with Crippen molar-refractivity contribution >= 4 is 38.1 Å². The fraction of sp³-hybridized carbons (Fsp3) is 0.396. The summed E-state index contributed by atoms with van der Waals surface area (Å²) in [6.07, 6.45) is 8.71. The Morgan fingerprint density at radius 3 is 2.32 bits per heavy atom. The number of amides is 1. The van der Waals surface area contributed by atoms with E-state index in [-0.39, 0.29) is 36.4 Å². The lowest BCUT2D eigenvalue weighted by atomic mass is 9.91. The van der Waals surface area contributed by atoms with Gasteiger partial charge in [-0.05, 0) is 129 Å². The molecule has 17 heteroatoms. The second-order valence-electron chi connectivity index (χ2n) is 18.4. The van der Waals surface area contributed by atoms with Crippen molar-refractivity contribution in [2.24, 2.45) is 16.6 Å². The van der Waals surface area contributed by atoms with Gasteiger partial charge in [-0.1, -0.05) is 30.3 Å². The Labute approximate surface area is 374 Å². The van der Waals surface area contributed by atoms with Crippen LogP contribution in [0.15, 0.2) is 103 Å². The average Bonchev–Trinajstić information content (AvgIpc) is 4.06. The van der Waals surface area contributed by atoms with Crippen molar-refractivity contribution in [2.45, 2.75) is 88.5 Å². The zero-order valence-electron chi connectivity index (χ0n) is 37.0. The molecular formula is C48H52FN9O6S. The molecule has 2 aliphatic carbocycles. The molecule has 2 saturated carbocycles. The highest BCUT2D eigenvalue weighted by molar-refractivity contribution is 7.93. The number of nitrogens with one attached hydrogen (secondary N) is 2. The molecule has 338 valence electrons. The Bertz CT molecular complexity index is 3190. The van der Waals surface area contributed by atoms with Crippen LogP contribution in [0.1, 0.15) is 96.9 Å². The van der Waals surface area contributed by atoms with Gasteiger partial charge in [-0.25, -0.2) is 23.2 Å². The first-order chi connectivity index (χ1) is 31.0. The van der Waals surface area contributed by atoms with Gasteiger partial charge in [0.25, 0.3) is 5.91 Å². The van der Waals surface area contributed by atoms with Crippen molar-refractivity contribution in [3.05, 3.63) is 145 Å². The van der Waals surface area contributed by atoms with E-state index in [0.29, 0.717) is 83.7 Å². The topological polar surface area (TPSA) is 200 Å². The molecule has 0 spiro atoms. The number of halogens is 1. The summed E-state index contributed by atoms with van der Waals surface area (Å²) >= 11 is 0. The van der Waals surface area contributed by atoms with Crippen LogP contribution < -0.4 is 17.2 Å². The van der Waals surface area contributed by atoms with Crippen molar-refractivity contribution < 1.29 is 22.7 Å². The van der Waals surface area contributed by atoms with Gasteiger partial charge in [0.1, 0.15) is 22.9 Å². The molecule has 4 aliphatic rings. The minimum Gasteiger partial charge on any atom is -0.402 e. The SMILES string of the molecule is Cc1cc(N=C(C2=C(N)CCN(C(=O)c3cc4cc(C5CCOCC5)ccc4n3[C@@]3(c4noc(=O)[nH]4)C[C@@H]3C)[C@H]2C)n2ccn(-c3ccc(C4(S(C)(=N)=O)CC4)cc3)c2=O)cc(C)c1F. The lowest BCUT2D eigenvalue weighted by Gasteiger charge is -2.37. The Morgan fingerprint density at radius 1 is 1.02 bits per heavy atom. The molecule has 1 unspecified atom stereocenters. The number of imidazole rings is 1. The number of carbonyl (C=O) groups excluding carboxylic acids is 1. The number of carbonyl (C=O) groups is 1. The summed E-state index contributed by atoms with van der Waals surface area (Å²) in [7, 11) is -2.84. The van der Waals surface area contributed by atoms with Crippen LogP contribution in [-0.4, -0.2) is 76.7 Å². The Balaban J connectivity index is 1.07. The number of fused-ring (bicyclic) bond motifs is 1. The molecule has 1 amide bonds. The molecule has 3 aromatic heterocycles. The average molecular weight is 902 g/mol. The highest BCUT2D eigenvalue weighted by atomic mass is 32.2. The number of aryl methyl sites for hydroxylation is 2. The highest BCUT2D eigenvalue weighted by Gasteiger charge is 2.59. The molecule has 15 nitrogen and oxygen atoms in total. The number of aromatic amines is 1. The van der Waals surface area contributed by atoms with Gasteiger partial charge >= 0.3 is 11.4 Å². The summed E-state index contributed by atoms with van der Waals surface area (Å²) in [6, 6.07) is 18.0. The van der Waals surface area contributed by atoms with E-state index in [1.807, 2.05) is 35.8 Å². The van der Waals surface area contributed by atoms with E-state index < -0.39 is 37.5 Å². The largest absolute Gasteiger partial charge is 0.438 e. The molecule has 4 N–H and O–H groups in total. The van der Waals surface area contributed by atoms with E-state index >= 15 is 4.79 Å². The predicted molar refractivity (Wildman–Crippen MR) is 245 cm³/mol. The van der Waals surface area contributed by atoms with E-state index in [4.69, 9.17) is 24.8 Å². The third-order valence-electron chi connectivity index (χ3n) is 14.4. The van der Waals surface area contributed by atoms with Crippen LogP contribution in [0, 0.1) is 30.4 Å². The van der Waals surface area contributed by atoms with Gasteiger partial charge in [0.15, 0.2) is 5.82 Å². The molecule has 65 heavy (non-hydrogen) atoms. The van der Waals surface area contributed by atoms with Crippen molar-refractivity contribution in [2.75, 3.05) is 26.0 Å². The molecule has 10 rings (SSSR count). The zero-order valence-corrected chi connectivity index (χ0v) is 37.8. The van der Waals surface area contributed by atoms with E-state index in [1.54, 1.807) is 55.4 Å². The Morgan fingerprint density at radius 2 is 1.71 bits per heavy atom. The molecule has 0 bridgehead atoms. The summed E-state index contributed by atoms with van der Waals surface area (Å²) < 4.78 is 51.0. The van der Waals surface area contributed by atoms with Crippen LogP contribution in [-0.2, 0) is 24.8 Å². The number of nitrogens with zero attached hydrogens (tertiary/aromatic N) is 6. The quantitative estimate of drug-likeness (QED) is 0.101. The van der Waals surface area contributed by atoms with Gasteiger partial charge in [-0.3, -0.25) is 28.2 Å². The molecule has 4 atom stereocenters. The van der Waals surface area contributed by atoms with E-state index in [9.17, 15) is 18.2 Å². The maximum absolute atomic E-state index is 15.4. The lowest BCUT2D eigenvalue weighted by Crippen LogP contribution is -2.49. The summed E-state index contributed by atoms with van der Waals surface area (Å²) in [5.41, 5.74) is 11.4. The minimum atomic E-state index is -2.84. The second kappa shape index (κ2) is 15.4. The number of rotatable bonds is 9. The number of hydrogen-bond donors (Lipinski definition) is 3. The van der Waals surface area contributed by atoms with E-state index in [2.05, 4.69) is 29.2 Å².